The van der Waals surface area contributed by atoms with Gasteiger partial charge in [-0.05, 0) is 185 Å². The summed E-state index contributed by atoms with van der Waals surface area (Å²) in [7, 11) is 0. The summed E-state index contributed by atoms with van der Waals surface area (Å²) in [4.78, 5) is 31.7. The average molecular weight is 1770 g/mol. The van der Waals surface area contributed by atoms with Gasteiger partial charge in [-0.1, -0.05) is 315 Å². The van der Waals surface area contributed by atoms with E-state index in [0.29, 0.717) is 17.5 Å². The van der Waals surface area contributed by atoms with Crippen LogP contribution >= 0.6 is 0 Å². The molecule has 0 radical (unpaired) electrons. The standard InChI is InChI=1S/2C44H27N3O.C38H23N3O/c1-3-12-28(13-4-1)29-14-11-15-31(26-29)44-45-36-23-25-40-41(34-19-8-10-21-39(34)48-40)42(36)43(46-44)30-22-24-38-35(27-30)33-18-7-9-20-37(33)47(38)32-16-5-2-6-17-32;1-2-12-28(13-3-1)29-14-10-15-30(26-29)31-16-11-17-32(27-31)43-45-36-24-25-40-41(35-20-6-9-23-39(35)48-40)42(36)44(46-43)47-37-21-7-4-18-33(37)34-19-5-8-22-38(34)47;1-3-11-24(12-4-1)37-36-30(20-22-34-35(36)28-16-8-10-18-33(28)42-34)39-38(40-37)25-19-21-32-29(23-25)27-15-7-9-17-31(27)41(32)26-13-5-2-6-14-26/h2*1-27H;1-23H. The van der Waals surface area contributed by atoms with Crippen molar-refractivity contribution in [1.29, 1.82) is 0 Å². The van der Waals surface area contributed by atoms with Crippen molar-refractivity contribution in [3.8, 4) is 107 Å². The lowest BCUT2D eigenvalue weighted by molar-refractivity contribution is 0.669. The van der Waals surface area contributed by atoms with E-state index in [1.54, 1.807) is 0 Å². The van der Waals surface area contributed by atoms with Crippen molar-refractivity contribution in [2.75, 3.05) is 0 Å². The van der Waals surface area contributed by atoms with Gasteiger partial charge in [-0.3, -0.25) is 4.57 Å². The lowest BCUT2D eigenvalue weighted by atomic mass is 9.98. The highest BCUT2D eigenvalue weighted by atomic mass is 16.3. The predicted molar refractivity (Wildman–Crippen MR) is 567 cm³/mol. The summed E-state index contributed by atoms with van der Waals surface area (Å²) < 4.78 is 25.9. The van der Waals surface area contributed by atoms with Crippen LogP contribution in [0.25, 0.3) is 271 Å². The molecule has 0 atom stereocenters. The topological polar surface area (TPSA) is 132 Å². The molecule has 12 nitrogen and oxygen atoms in total. The molecule has 12 heteroatoms. The minimum atomic E-state index is 0.674. The van der Waals surface area contributed by atoms with E-state index in [9.17, 15) is 0 Å². The molecule has 0 unspecified atom stereocenters. The molecule has 0 bridgehead atoms. The first-order valence-electron chi connectivity index (χ1n) is 46.4. The zero-order valence-electron chi connectivity index (χ0n) is 74.2. The molecule has 0 amide bonds. The zero-order valence-corrected chi connectivity index (χ0v) is 74.2. The van der Waals surface area contributed by atoms with Crippen LogP contribution < -0.4 is 0 Å². The van der Waals surface area contributed by atoms with E-state index in [-0.39, 0.29) is 0 Å². The quantitative estimate of drug-likeness (QED) is 0.124. The Kier molecular flexibility index (Phi) is 18.7. The largest absolute Gasteiger partial charge is 0.456 e. The van der Waals surface area contributed by atoms with Crippen LogP contribution in [0.3, 0.4) is 0 Å². The number of para-hydroxylation sites is 9. The number of benzene rings is 20. The minimum Gasteiger partial charge on any atom is -0.456 e. The highest BCUT2D eigenvalue weighted by Gasteiger charge is 2.27. The summed E-state index contributed by atoms with van der Waals surface area (Å²) >= 11 is 0. The fraction of sp³-hybridized carbons (Fsp3) is 0. The number of hydrogen-bond donors (Lipinski definition) is 0. The molecule has 20 aromatic carbocycles. The van der Waals surface area contributed by atoms with Crippen molar-refractivity contribution in [2.45, 2.75) is 0 Å². The summed E-state index contributed by atoms with van der Waals surface area (Å²) in [5.41, 5.74) is 30.5. The second kappa shape index (κ2) is 32.6. The van der Waals surface area contributed by atoms with Crippen LogP contribution in [-0.2, 0) is 0 Å². The van der Waals surface area contributed by atoms with Gasteiger partial charge in [-0.15, -0.1) is 0 Å². The van der Waals surface area contributed by atoms with Gasteiger partial charge in [-0.25, -0.2) is 29.9 Å². The maximum absolute atomic E-state index is 6.36. The SMILES string of the molecule is c1ccc(-c2cccc(-c3cccc(-c4nc(-n5c6ccccc6c6ccccc65)c5c(ccc6oc7ccccc7c65)n4)c3)c2)cc1.c1ccc(-c2cccc(-c3nc(-c4ccc5c(c4)c4ccccc4n5-c4ccccc4)c4c(ccc5oc6ccccc6c54)n3)c2)cc1.c1ccc(-c2nc(-c3ccc4c(c3)c3ccccc3n4-c3ccccc3)nc3ccc4oc5ccccc5c4c23)cc1. The maximum atomic E-state index is 6.36. The first kappa shape index (κ1) is 79.0. The van der Waals surface area contributed by atoms with Crippen molar-refractivity contribution in [3.05, 3.63) is 467 Å². The smallest absolute Gasteiger partial charge is 0.162 e. The number of rotatable bonds is 11. The van der Waals surface area contributed by atoms with Gasteiger partial charge in [0.05, 0.1) is 66.4 Å². The molecule has 9 aromatic heterocycles. The third kappa shape index (κ3) is 13.3. The maximum Gasteiger partial charge on any atom is 0.162 e. The Labute approximate surface area is 789 Å². The molecule has 0 fully saturated rings. The van der Waals surface area contributed by atoms with Gasteiger partial charge in [0.2, 0.25) is 0 Å². The molecule has 29 rings (SSSR count). The molecule has 0 N–H and O–H groups in total. The van der Waals surface area contributed by atoms with E-state index in [0.717, 1.165) is 199 Å². The van der Waals surface area contributed by atoms with E-state index in [1.165, 1.54) is 54.5 Å². The van der Waals surface area contributed by atoms with Gasteiger partial charge in [0.1, 0.15) is 39.3 Å². The summed E-state index contributed by atoms with van der Waals surface area (Å²) in [5, 5.41) is 16.4. The lowest BCUT2D eigenvalue weighted by Crippen LogP contribution is -2.03. The van der Waals surface area contributed by atoms with E-state index < -0.39 is 0 Å². The molecule has 0 aliphatic carbocycles. The number of furan rings is 3. The molecule has 0 aliphatic heterocycles. The molecule has 0 saturated carbocycles. The van der Waals surface area contributed by atoms with Crippen molar-refractivity contribution < 1.29 is 13.3 Å². The Morgan fingerprint density at radius 1 is 0.152 bits per heavy atom. The van der Waals surface area contributed by atoms with E-state index >= 15 is 0 Å². The second-order valence-corrected chi connectivity index (χ2v) is 35.0. The lowest BCUT2D eigenvalue weighted by Gasteiger charge is -2.14. The van der Waals surface area contributed by atoms with Gasteiger partial charge in [0, 0.05) is 115 Å². The molecular formula is C126H77N9O3. The molecule has 0 aliphatic rings. The van der Waals surface area contributed by atoms with Crippen molar-refractivity contribution in [2.24, 2.45) is 0 Å². The van der Waals surface area contributed by atoms with Crippen molar-refractivity contribution >= 4 is 164 Å². The summed E-state index contributed by atoms with van der Waals surface area (Å²) in [5.74, 6) is 2.90. The fourth-order valence-electron chi connectivity index (χ4n) is 20.8. The van der Waals surface area contributed by atoms with Crippen molar-refractivity contribution in [1.82, 2.24) is 43.6 Å². The summed E-state index contributed by atoms with van der Waals surface area (Å²) in [6.45, 7) is 0. The summed E-state index contributed by atoms with van der Waals surface area (Å²) in [6, 6.07) is 163. The molecule has 29 aromatic rings. The monoisotopic (exact) mass is 1760 g/mol. The third-order valence-corrected chi connectivity index (χ3v) is 27.0. The van der Waals surface area contributed by atoms with Gasteiger partial charge < -0.3 is 22.4 Å². The predicted octanol–water partition coefficient (Wildman–Crippen LogP) is 33.2. The van der Waals surface area contributed by atoms with Gasteiger partial charge in [0.15, 0.2) is 17.5 Å². The van der Waals surface area contributed by atoms with Crippen LogP contribution in [0.1, 0.15) is 0 Å². The average Bonchev–Trinajstić information content (AvgIpc) is 1.54. The molecule has 9 heterocycles. The van der Waals surface area contributed by atoms with Crippen LogP contribution in [0.5, 0.6) is 0 Å². The number of hydrogen-bond acceptors (Lipinski definition) is 9. The van der Waals surface area contributed by atoms with E-state index in [1.807, 2.05) is 72.8 Å². The van der Waals surface area contributed by atoms with Crippen LogP contribution in [0.4, 0.5) is 0 Å². The summed E-state index contributed by atoms with van der Waals surface area (Å²) in [6.07, 6.45) is 0. The molecular weight excluding hydrogens is 1690 g/mol. The van der Waals surface area contributed by atoms with Gasteiger partial charge in [0.25, 0.3) is 0 Å². The van der Waals surface area contributed by atoms with E-state index in [2.05, 4.69) is 408 Å². The van der Waals surface area contributed by atoms with Crippen LogP contribution in [-0.4, -0.2) is 43.6 Å². The second-order valence-electron chi connectivity index (χ2n) is 35.0. The number of nitrogens with zero attached hydrogens (tertiary/aromatic N) is 9. The van der Waals surface area contributed by atoms with E-state index in [4.69, 9.17) is 43.2 Å². The van der Waals surface area contributed by atoms with Gasteiger partial charge >= 0.3 is 0 Å². The highest BCUT2D eigenvalue weighted by molar-refractivity contribution is 6.26. The molecule has 0 saturated heterocycles. The van der Waals surface area contributed by atoms with Crippen LogP contribution in [0.2, 0.25) is 0 Å². The van der Waals surface area contributed by atoms with Crippen LogP contribution in [0, 0.1) is 0 Å². The molecule has 0 spiro atoms. The molecule has 138 heavy (non-hydrogen) atoms. The molecule has 644 valence electrons. The van der Waals surface area contributed by atoms with Crippen molar-refractivity contribution in [3.63, 3.8) is 0 Å². The Balaban J connectivity index is 0.000000105. The normalized spacial score (nSPS) is 11.8. The minimum absolute atomic E-state index is 0.674. The fourth-order valence-corrected chi connectivity index (χ4v) is 20.8. The zero-order chi connectivity index (χ0) is 90.8. The first-order chi connectivity index (χ1) is 68.4. The number of aromatic nitrogens is 9. The Bertz CT molecular complexity index is 9880. The van der Waals surface area contributed by atoms with Crippen LogP contribution in [0.15, 0.2) is 480 Å². The third-order valence-electron chi connectivity index (χ3n) is 27.0. The Hall–Kier alpha value is -18.8. The first-order valence-corrected chi connectivity index (χ1v) is 46.4. The van der Waals surface area contributed by atoms with Gasteiger partial charge in [-0.2, -0.15) is 0 Å². The highest BCUT2D eigenvalue weighted by Crippen LogP contribution is 2.47. The Morgan fingerprint density at radius 3 is 0.862 bits per heavy atom. The number of fused-ring (bicyclic) bond motifs is 24. The Morgan fingerprint density at radius 2 is 0.435 bits per heavy atom.